The van der Waals surface area contributed by atoms with Crippen molar-refractivity contribution in [1.29, 1.82) is 0 Å². The first kappa shape index (κ1) is 9.13. The lowest BCUT2D eigenvalue weighted by molar-refractivity contribution is 0.0960. The van der Waals surface area contributed by atoms with E-state index in [4.69, 9.17) is 5.73 Å². The van der Waals surface area contributed by atoms with Crippen molar-refractivity contribution in [3.8, 4) is 0 Å². The minimum Gasteiger partial charge on any atom is -0.325 e. The number of rotatable bonds is 2. The van der Waals surface area contributed by atoms with Gasteiger partial charge in [-0.05, 0) is 26.2 Å². The van der Waals surface area contributed by atoms with E-state index in [0.29, 0.717) is 6.04 Å². The summed E-state index contributed by atoms with van der Waals surface area (Å²) in [6.45, 7) is 5.96. The van der Waals surface area contributed by atoms with Crippen LogP contribution in [-0.4, -0.2) is 53.6 Å². The zero-order chi connectivity index (χ0) is 9.71. The van der Waals surface area contributed by atoms with Gasteiger partial charge in [0.2, 0.25) is 0 Å². The average Bonchev–Trinajstić information content (AvgIpc) is 2.86. The van der Waals surface area contributed by atoms with Gasteiger partial charge in [0.25, 0.3) is 0 Å². The molecule has 2 N–H and O–H groups in total. The third kappa shape index (κ3) is 1.47. The predicted octanol–water partition coefficient (Wildman–Crippen LogP) is 0.255. The first-order chi connectivity index (χ1) is 6.74. The fourth-order valence-electron chi connectivity index (χ4n) is 3.05. The Labute approximate surface area is 86.2 Å². The third-order valence-electron chi connectivity index (χ3n) is 4.07. The molecule has 1 aliphatic carbocycles. The van der Waals surface area contributed by atoms with Gasteiger partial charge >= 0.3 is 0 Å². The molecule has 2 heterocycles. The smallest absolute Gasteiger partial charge is 0.0297 e. The Morgan fingerprint density at radius 3 is 2.36 bits per heavy atom. The molecule has 3 fully saturated rings. The molecule has 80 valence electrons. The molecule has 0 radical (unpaired) electrons. The summed E-state index contributed by atoms with van der Waals surface area (Å²) in [6.07, 6.45) is 4.25. The fraction of sp³-hybridized carbons (Fsp3) is 1.00. The van der Waals surface area contributed by atoms with E-state index in [1.54, 1.807) is 0 Å². The number of hydrogen-bond acceptors (Lipinski definition) is 3. The average molecular weight is 195 g/mol. The van der Waals surface area contributed by atoms with Crippen LogP contribution >= 0.6 is 0 Å². The summed E-state index contributed by atoms with van der Waals surface area (Å²) in [6, 6.07) is 3.01. The minimum absolute atomic E-state index is 0.459. The topological polar surface area (TPSA) is 32.5 Å². The zero-order valence-electron chi connectivity index (χ0n) is 9.02. The normalized spacial score (nSPS) is 41.6. The zero-order valence-corrected chi connectivity index (χ0v) is 9.02. The first-order valence-corrected chi connectivity index (χ1v) is 5.99. The highest BCUT2D eigenvalue weighted by atomic mass is 15.3. The molecule has 2 saturated heterocycles. The summed E-state index contributed by atoms with van der Waals surface area (Å²) in [5.74, 6) is 0. The highest BCUT2D eigenvalue weighted by molar-refractivity contribution is 4.99. The predicted molar refractivity (Wildman–Crippen MR) is 57.1 cm³/mol. The first-order valence-electron chi connectivity index (χ1n) is 5.99. The number of likely N-dealkylation sites (tertiary alicyclic amines) is 2. The van der Waals surface area contributed by atoms with E-state index in [0.717, 1.165) is 31.2 Å². The number of hydrogen-bond donors (Lipinski definition) is 1. The third-order valence-corrected chi connectivity index (χ3v) is 4.07. The highest BCUT2D eigenvalue weighted by Gasteiger charge is 2.42. The Morgan fingerprint density at radius 2 is 1.79 bits per heavy atom. The Kier molecular flexibility index (Phi) is 2.08. The van der Waals surface area contributed by atoms with E-state index in [-0.39, 0.29) is 0 Å². The van der Waals surface area contributed by atoms with Gasteiger partial charge in [0.05, 0.1) is 0 Å². The maximum atomic E-state index is 5.82. The van der Waals surface area contributed by atoms with Crippen molar-refractivity contribution in [3.05, 3.63) is 0 Å². The van der Waals surface area contributed by atoms with Gasteiger partial charge in [0.15, 0.2) is 0 Å². The van der Waals surface area contributed by atoms with Crippen LogP contribution in [0.3, 0.4) is 0 Å². The van der Waals surface area contributed by atoms with Gasteiger partial charge in [-0.15, -0.1) is 0 Å². The summed E-state index contributed by atoms with van der Waals surface area (Å²) in [7, 11) is 0. The monoisotopic (exact) mass is 195 g/mol. The van der Waals surface area contributed by atoms with Crippen LogP contribution in [0.15, 0.2) is 0 Å². The van der Waals surface area contributed by atoms with Crippen molar-refractivity contribution in [2.75, 3.05) is 19.6 Å². The van der Waals surface area contributed by atoms with Crippen LogP contribution in [0.4, 0.5) is 0 Å². The molecule has 0 aromatic carbocycles. The van der Waals surface area contributed by atoms with Gasteiger partial charge in [0.1, 0.15) is 0 Å². The second kappa shape index (κ2) is 3.19. The van der Waals surface area contributed by atoms with E-state index in [9.17, 15) is 0 Å². The molecule has 2 aliphatic heterocycles. The molecule has 3 nitrogen and oxygen atoms in total. The highest BCUT2D eigenvalue weighted by Crippen LogP contribution is 2.35. The van der Waals surface area contributed by atoms with E-state index in [1.807, 2.05) is 0 Å². The van der Waals surface area contributed by atoms with E-state index in [1.165, 1.54) is 25.8 Å². The quantitative estimate of drug-likeness (QED) is 0.686. The Bertz CT molecular complexity index is 221. The molecule has 2 unspecified atom stereocenters. The maximum absolute atomic E-state index is 5.82. The van der Waals surface area contributed by atoms with Crippen molar-refractivity contribution in [3.63, 3.8) is 0 Å². The van der Waals surface area contributed by atoms with Crippen molar-refractivity contribution >= 4 is 0 Å². The fourth-order valence-corrected chi connectivity index (χ4v) is 3.05. The molecule has 3 heteroatoms. The van der Waals surface area contributed by atoms with Gasteiger partial charge in [-0.25, -0.2) is 0 Å². The standard InChI is InChI=1S/C11H21N3/c1-8-4-11(13-5-9(12)6-13)7-14(8)10-2-3-10/h8-11H,2-7,12H2,1H3. The summed E-state index contributed by atoms with van der Waals surface area (Å²) in [5.41, 5.74) is 5.82. The molecular formula is C11H21N3. The second-order valence-corrected chi connectivity index (χ2v) is 5.38. The molecule has 0 bridgehead atoms. The number of nitrogens with two attached hydrogens (primary N) is 1. The molecule has 3 aliphatic rings. The van der Waals surface area contributed by atoms with Crippen LogP contribution in [0, 0.1) is 0 Å². The molecule has 2 atom stereocenters. The van der Waals surface area contributed by atoms with Crippen LogP contribution in [0.1, 0.15) is 26.2 Å². The molecule has 0 aromatic heterocycles. The largest absolute Gasteiger partial charge is 0.325 e. The van der Waals surface area contributed by atoms with E-state index < -0.39 is 0 Å². The molecule has 0 amide bonds. The van der Waals surface area contributed by atoms with Gasteiger partial charge in [-0.1, -0.05) is 0 Å². The lowest BCUT2D eigenvalue weighted by atomic mass is 10.0. The molecule has 3 rings (SSSR count). The Hall–Kier alpha value is -0.120. The SMILES string of the molecule is CC1CC(N2CC(N)C2)CN1C1CC1. The Morgan fingerprint density at radius 1 is 1.07 bits per heavy atom. The van der Waals surface area contributed by atoms with E-state index in [2.05, 4.69) is 16.7 Å². The van der Waals surface area contributed by atoms with Crippen molar-refractivity contribution < 1.29 is 0 Å². The Balaban J connectivity index is 1.57. The lowest BCUT2D eigenvalue weighted by Gasteiger charge is -2.41. The van der Waals surface area contributed by atoms with Crippen molar-refractivity contribution in [2.24, 2.45) is 5.73 Å². The van der Waals surface area contributed by atoms with Gasteiger partial charge in [-0.2, -0.15) is 0 Å². The van der Waals surface area contributed by atoms with Gasteiger partial charge < -0.3 is 5.73 Å². The maximum Gasteiger partial charge on any atom is 0.0297 e. The van der Waals surface area contributed by atoms with Crippen molar-refractivity contribution in [1.82, 2.24) is 9.80 Å². The molecule has 1 saturated carbocycles. The molecule has 0 spiro atoms. The molecule has 0 aromatic rings. The minimum atomic E-state index is 0.459. The van der Waals surface area contributed by atoms with Crippen LogP contribution in [0.25, 0.3) is 0 Å². The summed E-state index contributed by atoms with van der Waals surface area (Å²) >= 11 is 0. The number of nitrogens with zero attached hydrogens (tertiary/aromatic N) is 2. The van der Waals surface area contributed by atoms with E-state index >= 15 is 0 Å². The molecular weight excluding hydrogens is 174 g/mol. The second-order valence-electron chi connectivity index (χ2n) is 5.38. The lowest BCUT2D eigenvalue weighted by Crippen LogP contribution is -2.59. The molecule has 14 heavy (non-hydrogen) atoms. The van der Waals surface area contributed by atoms with Crippen LogP contribution in [-0.2, 0) is 0 Å². The van der Waals surface area contributed by atoms with Crippen LogP contribution in [0.2, 0.25) is 0 Å². The van der Waals surface area contributed by atoms with Crippen molar-refractivity contribution in [2.45, 2.75) is 50.4 Å². The summed E-state index contributed by atoms with van der Waals surface area (Å²) in [4.78, 5) is 5.29. The van der Waals surface area contributed by atoms with Gasteiger partial charge in [-0.3, -0.25) is 9.80 Å². The summed E-state index contributed by atoms with van der Waals surface area (Å²) < 4.78 is 0. The summed E-state index contributed by atoms with van der Waals surface area (Å²) in [5, 5.41) is 0. The van der Waals surface area contributed by atoms with Crippen LogP contribution in [0.5, 0.6) is 0 Å². The van der Waals surface area contributed by atoms with Crippen LogP contribution < -0.4 is 5.73 Å². The van der Waals surface area contributed by atoms with Gasteiger partial charge in [0, 0.05) is 43.8 Å².